The van der Waals surface area contributed by atoms with Gasteiger partial charge in [0.2, 0.25) is 6.71 Å². The molecule has 0 bridgehead atoms. The van der Waals surface area contributed by atoms with E-state index in [1.807, 2.05) is 0 Å². The third-order valence-electron chi connectivity index (χ3n) is 6.71. The lowest BCUT2D eigenvalue weighted by Gasteiger charge is -2.44. The second kappa shape index (κ2) is 9.38. The molecule has 0 saturated heterocycles. The fraction of sp³-hybridized carbons (Fsp3) is 0.241. The first-order chi connectivity index (χ1) is 15.3. The first-order valence-corrected chi connectivity index (χ1v) is 17.2. The summed E-state index contributed by atoms with van der Waals surface area (Å²) in [7, 11) is -3.56. The van der Waals surface area contributed by atoms with Crippen molar-refractivity contribution in [3.05, 3.63) is 114 Å². The van der Waals surface area contributed by atoms with E-state index in [0.717, 1.165) is 0 Å². The summed E-state index contributed by atoms with van der Waals surface area (Å²) < 4.78 is 0. The molecule has 162 valence electrons. The number of rotatable bonds is 6. The molecule has 0 saturated carbocycles. The highest BCUT2D eigenvalue weighted by Crippen LogP contribution is 2.63. The number of hydrogen-bond donors (Lipinski definition) is 0. The average Bonchev–Trinajstić information content (AvgIpc) is 2.77. The van der Waals surface area contributed by atoms with Crippen molar-refractivity contribution in [2.24, 2.45) is 0 Å². The van der Waals surface area contributed by atoms with Crippen molar-refractivity contribution in [2.75, 3.05) is 0 Å². The third-order valence-corrected chi connectivity index (χ3v) is 17.0. The van der Waals surface area contributed by atoms with Crippen molar-refractivity contribution in [3.63, 3.8) is 0 Å². The highest BCUT2D eigenvalue weighted by atomic mass is 31.2. The van der Waals surface area contributed by atoms with Crippen LogP contribution in [0.1, 0.15) is 13.8 Å². The molecule has 0 N–H and O–H groups in total. The molecule has 1 aliphatic heterocycles. The molecular formula is C29H35BPSi+. The Labute approximate surface area is 196 Å². The van der Waals surface area contributed by atoms with Crippen LogP contribution in [0.3, 0.4) is 0 Å². The van der Waals surface area contributed by atoms with Gasteiger partial charge in [0, 0.05) is 0 Å². The smallest absolute Gasteiger partial charge is 0.108 e. The van der Waals surface area contributed by atoms with Crippen LogP contribution in [0.5, 0.6) is 0 Å². The van der Waals surface area contributed by atoms with E-state index < -0.39 is 15.3 Å². The van der Waals surface area contributed by atoms with Gasteiger partial charge in [-0.3, -0.25) is 0 Å². The Morgan fingerprint density at radius 3 is 1.44 bits per heavy atom. The maximum atomic E-state index is 2.60. The summed E-state index contributed by atoms with van der Waals surface area (Å²) in [5.74, 6) is 2.60. The second-order valence-corrected chi connectivity index (χ2v) is 19.7. The predicted octanol–water partition coefficient (Wildman–Crippen LogP) is 6.71. The molecule has 0 aromatic heterocycles. The molecule has 0 fully saturated rings. The van der Waals surface area contributed by atoms with E-state index in [0.29, 0.717) is 11.9 Å². The molecule has 4 rings (SSSR count). The largest absolute Gasteiger partial charge is 0.217 e. The third kappa shape index (κ3) is 4.36. The van der Waals surface area contributed by atoms with Gasteiger partial charge in [-0.2, -0.15) is 0 Å². The summed E-state index contributed by atoms with van der Waals surface area (Å²) >= 11 is 0. The number of hydrogen-bond acceptors (Lipinski definition) is 0. The quantitative estimate of drug-likeness (QED) is 0.288. The Bertz CT molecular complexity index is 1000. The maximum Gasteiger partial charge on any atom is 0.217 e. The lowest BCUT2D eigenvalue weighted by atomic mass is 9.45. The summed E-state index contributed by atoms with van der Waals surface area (Å²) in [6.45, 7) is 12.9. The van der Waals surface area contributed by atoms with Gasteiger partial charge in [-0.15, -0.1) is 5.98 Å². The second-order valence-electron chi connectivity index (χ2n) is 10.3. The molecule has 0 amide bonds. The van der Waals surface area contributed by atoms with Crippen molar-refractivity contribution in [1.29, 1.82) is 0 Å². The Morgan fingerprint density at radius 1 is 0.688 bits per heavy atom. The van der Waals surface area contributed by atoms with Crippen LogP contribution in [0, 0.1) is 0 Å². The highest BCUT2D eigenvalue weighted by Gasteiger charge is 2.60. The summed E-state index contributed by atoms with van der Waals surface area (Å²) in [6, 6.07) is 34.4. The number of allylic oxidation sites excluding steroid dienone is 3. The van der Waals surface area contributed by atoms with E-state index in [1.54, 1.807) is 0 Å². The summed E-state index contributed by atoms with van der Waals surface area (Å²) in [4.78, 5) is 0. The average molecular weight is 453 g/mol. The van der Waals surface area contributed by atoms with Crippen molar-refractivity contribution < 1.29 is 0 Å². The van der Waals surface area contributed by atoms with Crippen LogP contribution in [-0.4, -0.2) is 20.0 Å². The Hall–Kier alpha value is -2.15. The van der Waals surface area contributed by atoms with Crippen LogP contribution >= 0.6 is 7.26 Å². The van der Waals surface area contributed by atoms with Gasteiger partial charge < -0.3 is 0 Å². The van der Waals surface area contributed by atoms with Crippen molar-refractivity contribution in [1.82, 2.24) is 0 Å². The van der Waals surface area contributed by atoms with Gasteiger partial charge >= 0.3 is 0 Å². The molecule has 3 heteroatoms. The predicted molar refractivity (Wildman–Crippen MR) is 150 cm³/mol. The zero-order chi connectivity index (χ0) is 22.8. The van der Waals surface area contributed by atoms with Gasteiger partial charge in [0.15, 0.2) is 0 Å². The molecular weight excluding hydrogens is 418 g/mol. The lowest BCUT2D eigenvalue weighted by Crippen LogP contribution is -2.57. The van der Waals surface area contributed by atoms with Crippen LogP contribution < -0.4 is 15.9 Å². The summed E-state index contributed by atoms with van der Waals surface area (Å²) in [6.07, 6.45) is 3.55. The zero-order valence-corrected chi connectivity index (χ0v) is 22.0. The van der Waals surface area contributed by atoms with Crippen LogP contribution in [-0.2, 0) is 0 Å². The first-order valence-electron chi connectivity index (χ1n) is 11.7. The molecule has 1 aliphatic rings. The maximum absolute atomic E-state index is 2.60. The van der Waals surface area contributed by atoms with Crippen molar-refractivity contribution in [3.8, 4) is 0 Å². The lowest BCUT2D eigenvalue weighted by molar-refractivity contribution is 1.28. The monoisotopic (exact) mass is 453 g/mol. The molecule has 1 heterocycles. The van der Waals surface area contributed by atoms with E-state index in [1.165, 1.54) is 33.4 Å². The molecule has 0 nitrogen and oxygen atoms in total. The first kappa shape index (κ1) is 23.0. The standard InChI is InChI=1S/C29H35BPSi/c1-24-21-25(2)23-30(22-24)29(32(3,4)5)31(26-15-9-6-10-16-26,27-17-11-7-12-18-27)28-19-13-8-14-20-28/h6-22,29H,23H2,1-5H3/q+1/t29-/m1/s1. The minimum Gasteiger partial charge on any atom is -0.108 e. The van der Waals surface area contributed by atoms with E-state index >= 15 is 0 Å². The van der Waals surface area contributed by atoms with Gasteiger partial charge in [0.25, 0.3) is 0 Å². The minimum absolute atomic E-state index is 0.556. The Balaban J connectivity index is 2.11. The van der Waals surface area contributed by atoms with E-state index in [9.17, 15) is 0 Å². The van der Waals surface area contributed by atoms with Crippen LogP contribution in [0.15, 0.2) is 114 Å². The molecule has 3 aromatic rings. The van der Waals surface area contributed by atoms with Crippen molar-refractivity contribution >= 4 is 38.0 Å². The van der Waals surface area contributed by atoms with Gasteiger partial charge in [-0.25, -0.2) is 0 Å². The van der Waals surface area contributed by atoms with Gasteiger partial charge in [0.1, 0.15) is 23.2 Å². The normalized spacial score (nSPS) is 15.7. The Kier molecular flexibility index (Phi) is 6.75. The van der Waals surface area contributed by atoms with Gasteiger partial charge in [-0.05, 0) is 56.6 Å². The number of benzene rings is 3. The van der Waals surface area contributed by atoms with E-state index in [-0.39, 0.29) is 0 Å². The summed E-state index contributed by atoms with van der Waals surface area (Å²) in [5.41, 5.74) is 2.94. The topological polar surface area (TPSA) is 0 Å². The molecule has 0 spiro atoms. The highest BCUT2D eigenvalue weighted by molar-refractivity contribution is 7.99. The molecule has 0 aliphatic carbocycles. The molecule has 32 heavy (non-hydrogen) atoms. The van der Waals surface area contributed by atoms with Crippen LogP contribution in [0.2, 0.25) is 26.0 Å². The Morgan fingerprint density at radius 2 is 1.09 bits per heavy atom. The molecule has 1 atom stereocenters. The summed E-state index contributed by atoms with van der Waals surface area (Å²) in [5, 5.41) is 5.16. The van der Waals surface area contributed by atoms with Gasteiger partial charge in [-0.1, -0.05) is 91.5 Å². The molecule has 0 unspecified atom stereocenters. The molecule has 0 radical (unpaired) electrons. The fourth-order valence-corrected chi connectivity index (χ4v) is 17.9. The van der Waals surface area contributed by atoms with Crippen LogP contribution in [0.4, 0.5) is 0 Å². The van der Waals surface area contributed by atoms with E-state index in [4.69, 9.17) is 0 Å². The van der Waals surface area contributed by atoms with E-state index in [2.05, 4.69) is 137 Å². The zero-order valence-electron chi connectivity index (χ0n) is 20.1. The SMILES string of the molecule is CC1=CB([C@@H]([Si](C)(C)C)[P+](c2ccccc2)(c2ccccc2)c2ccccc2)CC(C)=C1. The fourth-order valence-electron chi connectivity index (χ4n) is 5.90. The van der Waals surface area contributed by atoms with Crippen LogP contribution in [0.25, 0.3) is 0 Å². The van der Waals surface area contributed by atoms with Gasteiger partial charge in [0.05, 0.1) is 13.3 Å². The van der Waals surface area contributed by atoms with Crippen molar-refractivity contribution in [2.45, 2.75) is 45.0 Å². The molecule has 3 aromatic carbocycles. The minimum atomic E-state index is -1.92.